The van der Waals surface area contributed by atoms with Crippen LogP contribution in [0.3, 0.4) is 0 Å². The molecule has 37 heavy (non-hydrogen) atoms. The van der Waals surface area contributed by atoms with Gasteiger partial charge in [-0.25, -0.2) is 0 Å². The molecule has 6 heteroatoms. The number of benzene rings is 2. The first kappa shape index (κ1) is 22.5. The van der Waals surface area contributed by atoms with Gasteiger partial charge in [0.1, 0.15) is 31.2 Å². The van der Waals surface area contributed by atoms with Gasteiger partial charge in [0.25, 0.3) is 0 Å². The van der Waals surface area contributed by atoms with Crippen LogP contribution in [0, 0.1) is 12.8 Å². The molecule has 2 aromatic carbocycles. The highest BCUT2D eigenvalue weighted by molar-refractivity contribution is 6.10. The molecular formula is C31H32N3O3+. The smallest absolute Gasteiger partial charge is 0.219 e. The van der Waals surface area contributed by atoms with Crippen molar-refractivity contribution in [2.24, 2.45) is 13.0 Å². The van der Waals surface area contributed by atoms with Gasteiger partial charge in [-0.3, -0.25) is 9.59 Å². The van der Waals surface area contributed by atoms with Crippen molar-refractivity contribution in [3.05, 3.63) is 82.2 Å². The summed E-state index contributed by atoms with van der Waals surface area (Å²) in [5.74, 6) is 0.458. The van der Waals surface area contributed by atoms with Crippen LogP contribution in [0.15, 0.2) is 65.4 Å². The molecular weight excluding hydrogens is 462 g/mol. The van der Waals surface area contributed by atoms with Crippen LogP contribution < -0.4 is 5.32 Å². The molecule has 2 bridgehead atoms. The number of phenols is 1. The van der Waals surface area contributed by atoms with Crippen molar-refractivity contribution in [1.82, 2.24) is 4.57 Å². The predicted molar refractivity (Wildman–Crippen MR) is 144 cm³/mol. The monoisotopic (exact) mass is 494 g/mol. The zero-order valence-electron chi connectivity index (χ0n) is 21.5. The van der Waals surface area contributed by atoms with E-state index in [1.54, 1.807) is 6.07 Å². The number of Topliss-reactive ketones (excluding diaryl/α,β-unsaturated/α-hetero) is 1. The number of rotatable bonds is 4. The van der Waals surface area contributed by atoms with Crippen LogP contribution >= 0.6 is 0 Å². The van der Waals surface area contributed by atoms with Crippen molar-refractivity contribution in [3.63, 3.8) is 0 Å². The van der Waals surface area contributed by atoms with Crippen molar-refractivity contribution in [3.8, 4) is 5.75 Å². The van der Waals surface area contributed by atoms with E-state index in [4.69, 9.17) is 0 Å². The average Bonchev–Trinajstić information content (AvgIpc) is 3.51. The van der Waals surface area contributed by atoms with Crippen LogP contribution in [-0.2, 0) is 17.3 Å². The summed E-state index contributed by atoms with van der Waals surface area (Å²) in [6, 6.07) is 14.0. The number of carbonyl (C=O) groups is 2. The molecule has 4 atom stereocenters. The van der Waals surface area contributed by atoms with E-state index >= 15 is 0 Å². The lowest BCUT2D eigenvalue weighted by molar-refractivity contribution is -0.934. The van der Waals surface area contributed by atoms with Crippen LogP contribution in [0.5, 0.6) is 5.75 Å². The highest BCUT2D eigenvalue weighted by Crippen LogP contribution is 2.64. The summed E-state index contributed by atoms with van der Waals surface area (Å²) >= 11 is 0. The Morgan fingerprint density at radius 1 is 1.24 bits per heavy atom. The lowest BCUT2D eigenvalue weighted by atomic mass is 9.61. The topological polar surface area (TPSA) is 71.3 Å². The van der Waals surface area contributed by atoms with Gasteiger partial charge < -0.3 is 19.5 Å². The van der Waals surface area contributed by atoms with Gasteiger partial charge in [0.2, 0.25) is 5.78 Å². The quantitative estimate of drug-likeness (QED) is 0.180. The molecule has 1 unspecified atom stereocenters. The fourth-order valence-corrected chi connectivity index (χ4v) is 8.42. The molecule has 4 heterocycles. The van der Waals surface area contributed by atoms with Crippen LogP contribution in [0.4, 0.5) is 5.69 Å². The van der Waals surface area contributed by atoms with Crippen molar-refractivity contribution < 1.29 is 19.2 Å². The number of hydrogen-bond donors (Lipinski definition) is 2. The van der Waals surface area contributed by atoms with Gasteiger partial charge in [0.05, 0.1) is 23.2 Å². The Balaban J connectivity index is 1.40. The molecule has 7 rings (SSSR count). The number of para-hydroxylation sites is 2. The number of quaternary nitrogens is 1. The summed E-state index contributed by atoms with van der Waals surface area (Å²) in [5.41, 5.74) is 7.34. The molecule has 2 saturated heterocycles. The van der Waals surface area contributed by atoms with E-state index in [0.717, 1.165) is 76.9 Å². The minimum Gasteiger partial charge on any atom is -0.506 e. The third kappa shape index (κ3) is 2.64. The highest BCUT2D eigenvalue weighted by atomic mass is 16.3. The zero-order chi connectivity index (χ0) is 25.7. The number of fused-ring (bicyclic) bond motifs is 3. The molecule has 4 aliphatic rings. The van der Waals surface area contributed by atoms with Crippen LogP contribution in [0.1, 0.15) is 41.4 Å². The highest BCUT2D eigenvalue weighted by Gasteiger charge is 2.69. The van der Waals surface area contributed by atoms with Crippen molar-refractivity contribution >= 4 is 28.7 Å². The number of piperidine rings is 1. The zero-order valence-corrected chi connectivity index (χ0v) is 21.5. The molecule has 3 aromatic rings. The maximum Gasteiger partial charge on any atom is 0.219 e. The third-order valence-electron chi connectivity index (χ3n) is 10.1. The number of allylic oxidation sites excluding steroid dienone is 2. The summed E-state index contributed by atoms with van der Waals surface area (Å²) < 4.78 is 2.82. The largest absolute Gasteiger partial charge is 0.506 e. The molecule has 0 saturated carbocycles. The molecule has 3 aliphatic heterocycles. The number of aromatic nitrogens is 1. The predicted octanol–water partition coefficient (Wildman–Crippen LogP) is 4.76. The summed E-state index contributed by atoms with van der Waals surface area (Å²) in [5, 5.41) is 15.3. The van der Waals surface area contributed by atoms with Gasteiger partial charge in [-0.1, -0.05) is 36.4 Å². The van der Waals surface area contributed by atoms with Gasteiger partial charge in [0, 0.05) is 53.7 Å². The Hall–Kier alpha value is -3.64. The maximum absolute atomic E-state index is 14.2. The first-order valence-electron chi connectivity index (χ1n) is 13.2. The van der Waals surface area contributed by atoms with Gasteiger partial charge in [-0.05, 0) is 37.1 Å². The summed E-state index contributed by atoms with van der Waals surface area (Å²) in [4.78, 5) is 26.8. The Kier molecular flexibility index (Phi) is 4.54. The van der Waals surface area contributed by atoms with Crippen molar-refractivity contribution in [2.45, 2.75) is 38.1 Å². The van der Waals surface area contributed by atoms with E-state index in [1.165, 1.54) is 5.57 Å². The fraction of sp³-hybridized carbons (Fsp3) is 0.355. The SMILES string of the molecule is C/C=C1/C[N+]2(CC(=O)c3c(C)n(C)c4ccccc34)CC[C@]34C(=C(C=O)[C@H]1C[C@@H]32)Nc1c(O)cccc14. The van der Waals surface area contributed by atoms with E-state index in [9.17, 15) is 14.7 Å². The van der Waals surface area contributed by atoms with Crippen LogP contribution in [-0.4, -0.2) is 51.9 Å². The van der Waals surface area contributed by atoms with Crippen molar-refractivity contribution in [2.75, 3.05) is 25.0 Å². The number of aromatic hydroxyl groups is 1. The van der Waals surface area contributed by atoms with E-state index in [2.05, 4.69) is 41.1 Å². The fourth-order valence-electron chi connectivity index (χ4n) is 8.42. The molecule has 1 spiro atoms. The number of nitrogens with one attached hydrogen (secondary N) is 1. The Bertz CT molecular complexity index is 1590. The molecule has 0 amide bonds. The lowest BCUT2D eigenvalue weighted by Crippen LogP contribution is -2.64. The second-order valence-electron chi connectivity index (χ2n) is 11.4. The summed E-state index contributed by atoms with van der Waals surface area (Å²) in [6.45, 7) is 6.17. The third-order valence-corrected chi connectivity index (χ3v) is 10.1. The van der Waals surface area contributed by atoms with Crippen LogP contribution in [0.2, 0.25) is 0 Å². The second kappa shape index (κ2) is 7.45. The number of carbonyl (C=O) groups excluding carboxylic acids is 2. The average molecular weight is 495 g/mol. The molecule has 1 aliphatic carbocycles. The van der Waals surface area contributed by atoms with E-state index in [0.29, 0.717) is 11.0 Å². The molecule has 6 nitrogen and oxygen atoms in total. The molecule has 188 valence electrons. The normalized spacial score (nSPS) is 30.4. The summed E-state index contributed by atoms with van der Waals surface area (Å²) in [7, 11) is 2.03. The van der Waals surface area contributed by atoms with E-state index < -0.39 is 0 Å². The van der Waals surface area contributed by atoms with Crippen molar-refractivity contribution in [1.29, 1.82) is 0 Å². The second-order valence-corrected chi connectivity index (χ2v) is 11.4. The minimum atomic E-state index is -0.381. The standard InChI is InChI=1S/C31H31N3O3/c1-4-19-15-34(16-26(37)28-18(2)33(3)24-10-6-5-8-20(24)28)13-12-31-23-9-7-11-25(36)29(23)32-30(31)22(17-35)21(19)14-27(31)34/h4-11,17,21,27H,12-16H2,1-3H3,(H-,32,35,36)/p+1/b19-4-/t21-,27-,31+,34?/m0/s1. The number of phenolic OH excluding ortho intramolecular Hbond substituents is 1. The number of hydrogen-bond acceptors (Lipinski definition) is 4. The first-order chi connectivity index (χ1) is 17.9. The van der Waals surface area contributed by atoms with Gasteiger partial charge in [0.15, 0.2) is 0 Å². The molecule has 2 N–H and O–H groups in total. The lowest BCUT2D eigenvalue weighted by Gasteiger charge is -2.53. The Morgan fingerprint density at radius 2 is 2.05 bits per heavy atom. The van der Waals surface area contributed by atoms with Gasteiger partial charge in [-0.15, -0.1) is 0 Å². The number of aldehydes is 1. The van der Waals surface area contributed by atoms with Gasteiger partial charge >= 0.3 is 0 Å². The Morgan fingerprint density at radius 3 is 2.84 bits per heavy atom. The maximum atomic E-state index is 14.2. The first-order valence-corrected chi connectivity index (χ1v) is 13.2. The number of anilines is 1. The molecule has 1 aromatic heterocycles. The Labute approximate surface area is 216 Å². The molecule has 2 fully saturated rings. The van der Waals surface area contributed by atoms with E-state index in [1.807, 2.05) is 32.2 Å². The van der Waals surface area contributed by atoms with Gasteiger partial charge in [-0.2, -0.15) is 0 Å². The summed E-state index contributed by atoms with van der Waals surface area (Å²) in [6.07, 6.45) is 4.87. The van der Waals surface area contributed by atoms with Crippen LogP contribution in [0.25, 0.3) is 10.9 Å². The number of aryl methyl sites for hydroxylation is 1. The number of ketones is 1. The minimum absolute atomic E-state index is 0.0540. The number of nitrogens with zero attached hydrogens (tertiary/aromatic N) is 2. The van der Waals surface area contributed by atoms with E-state index in [-0.39, 0.29) is 28.9 Å². The molecule has 0 radical (unpaired) electrons.